The summed E-state index contributed by atoms with van der Waals surface area (Å²) in [5.74, 6) is 1.72. The maximum atomic E-state index is 12.6. The van der Waals surface area contributed by atoms with E-state index in [-0.39, 0.29) is 24.2 Å². The SMILES string of the molecule is CC(C(=O)N1CCC2CNCC2C1)c1ccccc1.Cl. The minimum atomic E-state index is -0.0212. The molecule has 3 atom stereocenters. The minimum Gasteiger partial charge on any atom is -0.342 e. The van der Waals surface area contributed by atoms with Crippen LogP contribution in [0.2, 0.25) is 0 Å². The minimum absolute atomic E-state index is 0. The smallest absolute Gasteiger partial charge is 0.229 e. The van der Waals surface area contributed by atoms with Crippen LogP contribution in [0, 0.1) is 11.8 Å². The van der Waals surface area contributed by atoms with Gasteiger partial charge in [0.2, 0.25) is 5.91 Å². The fourth-order valence-electron chi connectivity index (χ4n) is 3.39. The van der Waals surface area contributed by atoms with Crippen molar-refractivity contribution >= 4 is 18.3 Å². The van der Waals surface area contributed by atoms with Gasteiger partial charge < -0.3 is 10.2 Å². The zero-order chi connectivity index (χ0) is 13.2. The third-order valence-electron chi connectivity index (χ3n) is 4.69. The predicted octanol–water partition coefficient (Wildman–Crippen LogP) is 2.28. The van der Waals surface area contributed by atoms with Crippen LogP contribution in [-0.2, 0) is 4.79 Å². The van der Waals surface area contributed by atoms with E-state index in [0.717, 1.165) is 44.1 Å². The van der Waals surface area contributed by atoms with Gasteiger partial charge in [0.15, 0.2) is 0 Å². The molecule has 0 radical (unpaired) electrons. The lowest BCUT2D eigenvalue weighted by molar-refractivity contribution is -0.134. The highest BCUT2D eigenvalue weighted by Gasteiger charge is 2.35. The summed E-state index contributed by atoms with van der Waals surface area (Å²) in [4.78, 5) is 14.7. The molecule has 0 aliphatic carbocycles. The van der Waals surface area contributed by atoms with Crippen molar-refractivity contribution in [3.63, 3.8) is 0 Å². The van der Waals surface area contributed by atoms with E-state index in [4.69, 9.17) is 0 Å². The van der Waals surface area contributed by atoms with Crippen molar-refractivity contribution in [1.29, 1.82) is 0 Å². The molecule has 0 spiro atoms. The monoisotopic (exact) mass is 294 g/mol. The van der Waals surface area contributed by atoms with Gasteiger partial charge in [-0.2, -0.15) is 0 Å². The number of fused-ring (bicyclic) bond motifs is 1. The lowest BCUT2D eigenvalue weighted by Gasteiger charge is -2.36. The molecule has 2 aliphatic rings. The first-order valence-electron chi connectivity index (χ1n) is 7.30. The van der Waals surface area contributed by atoms with Crippen LogP contribution < -0.4 is 5.32 Å². The zero-order valence-corrected chi connectivity index (χ0v) is 12.7. The number of hydrogen-bond donors (Lipinski definition) is 1. The summed E-state index contributed by atoms with van der Waals surface area (Å²) in [6, 6.07) is 10.1. The van der Waals surface area contributed by atoms with Crippen LogP contribution in [0.5, 0.6) is 0 Å². The van der Waals surface area contributed by atoms with Gasteiger partial charge >= 0.3 is 0 Å². The molecule has 3 rings (SSSR count). The van der Waals surface area contributed by atoms with E-state index in [1.54, 1.807) is 0 Å². The average Bonchev–Trinajstić information content (AvgIpc) is 2.94. The van der Waals surface area contributed by atoms with E-state index in [2.05, 4.69) is 10.2 Å². The van der Waals surface area contributed by atoms with Crippen LogP contribution in [0.15, 0.2) is 30.3 Å². The molecule has 2 aliphatic heterocycles. The summed E-state index contributed by atoms with van der Waals surface area (Å²) in [6.07, 6.45) is 1.16. The number of likely N-dealkylation sites (tertiary alicyclic amines) is 1. The molecule has 4 heteroatoms. The highest BCUT2D eigenvalue weighted by Crippen LogP contribution is 2.28. The van der Waals surface area contributed by atoms with Crippen molar-refractivity contribution in [3.05, 3.63) is 35.9 Å². The van der Waals surface area contributed by atoms with Gasteiger partial charge in [-0.1, -0.05) is 30.3 Å². The van der Waals surface area contributed by atoms with Gasteiger partial charge in [0.25, 0.3) is 0 Å². The lowest BCUT2D eigenvalue weighted by Crippen LogP contribution is -2.44. The summed E-state index contributed by atoms with van der Waals surface area (Å²) in [7, 11) is 0. The highest BCUT2D eigenvalue weighted by atomic mass is 35.5. The van der Waals surface area contributed by atoms with Gasteiger partial charge in [0.05, 0.1) is 5.92 Å². The topological polar surface area (TPSA) is 32.3 Å². The molecule has 2 fully saturated rings. The van der Waals surface area contributed by atoms with Crippen molar-refractivity contribution in [2.75, 3.05) is 26.2 Å². The van der Waals surface area contributed by atoms with Gasteiger partial charge in [0.1, 0.15) is 0 Å². The van der Waals surface area contributed by atoms with E-state index in [1.807, 2.05) is 37.3 Å². The molecule has 1 aromatic rings. The normalized spacial score (nSPS) is 26.6. The number of carbonyl (C=O) groups is 1. The Morgan fingerprint density at radius 3 is 2.70 bits per heavy atom. The van der Waals surface area contributed by atoms with Crippen LogP contribution in [0.1, 0.15) is 24.8 Å². The van der Waals surface area contributed by atoms with E-state index >= 15 is 0 Å². The third kappa shape index (κ3) is 2.99. The van der Waals surface area contributed by atoms with Crippen molar-refractivity contribution < 1.29 is 4.79 Å². The first kappa shape index (κ1) is 15.3. The highest BCUT2D eigenvalue weighted by molar-refractivity contribution is 5.85. The Labute approximate surface area is 127 Å². The molecular formula is C16H23ClN2O. The first-order valence-corrected chi connectivity index (χ1v) is 7.30. The second-order valence-corrected chi connectivity index (χ2v) is 5.88. The average molecular weight is 295 g/mol. The van der Waals surface area contributed by atoms with Crippen molar-refractivity contribution in [3.8, 4) is 0 Å². The molecule has 0 bridgehead atoms. The van der Waals surface area contributed by atoms with Gasteiger partial charge in [-0.25, -0.2) is 0 Å². The third-order valence-corrected chi connectivity index (χ3v) is 4.69. The summed E-state index contributed by atoms with van der Waals surface area (Å²) in [5, 5.41) is 3.45. The standard InChI is InChI=1S/C16H22N2O.ClH/c1-12(13-5-3-2-4-6-13)16(19)18-8-7-14-9-17-10-15(14)11-18;/h2-6,12,14-15,17H,7-11H2,1H3;1H. The summed E-state index contributed by atoms with van der Waals surface area (Å²) in [6.45, 7) is 6.11. The molecule has 2 heterocycles. The Bertz CT molecular complexity index is 451. The molecule has 0 aromatic heterocycles. The van der Waals surface area contributed by atoms with Crippen molar-refractivity contribution in [2.24, 2.45) is 11.8 Å². The summed E-state index contributed by atoms with van der Waals surface area (Å²) >= 11 is 0. The van der Waals surface area contributed by atoms with Gasteiger partial charge in [-0.05, 0) is 43.8 Å². The second-order valence-electron chi connectivity index (χ2n) is 5.88. The van der Waals surface area contributed by atoms with Crippen molar-refractivity contribution in [2.45, 2.75) is 19.3 Å². The van der Waals surface area contributed by atoms with E-state index in [9.17, 15) is 4.79 Å². The van der Waals surface area contributed by atoms with Crippen LogP contribution >= 0.6 is 12.4 Å². The molecule has 0 saturated carbocycles. The Hall–Kier alpha value is -1.06. The number of carbonyl (C=O) groups excluding carboxylic acids is 1. The molecule has 1 N–H and O–H groups in total. The number of halogens is 1. The Balaban J connectivity index is 0.00000147. The second kappa shape index (κ2) is 6.59. The Morgan fingerprint density at radius 1 is 1.25 bits per heavy atom. The van der Waals surface area contributed by atoms with Crippen LogP contribution in [-0.4, -0.2) is 37.0 Å². The maximum absolute atomic E-state index is 12.6. The molecule has 20 heavy (non-hydrogen) atoms. The molecule has 3 nitrogen and oxygen atoms in total. The number of nitrogens with one attached hydrogen (secondary N) is 1. The van der Waals surface area contributed by atoms with Gasteiger partial charge in [0, 0.05) is 13.1 Å². The number of hydrogen-bond acceptors (Lipinski definition) is 2. The number of benzene rings is 1. The molecule has 3 unspecified atom stereocenters. The van der Waals surface area contributed by atoms with Crippen LogP contribution in [0.25, 0.3) is 0 Å². The largest absolute Gasteiger partial charge is 0.342 e. The summed E-state index contributed by atoms with van der Waals surface area (Å²) in [5.41, 5.74) is 1.12. The number of nitrogens with zero attached hydrogens (tertiary/aromatic N) is 1. The molecule has 1 amide bonds. The van der Waals surface area contributed by atoms with Gasteiger partial charge in [-0.15, -0.1) is 12.4 Å². The molecule has 110 valence electrons. The Morgan fingerprint density at radius 2 is 1.95 bits per heavy atom. The fraction of sp³-hybridized carbons (Fsp3) is 0.562. The van der Waals surface area contributed by atoms with E-state index in [1.165, 1.54) is 0 Å². The number of piperidine rings is 1. The zero-order valence-electron chi connectivity index (χ0n) is 11.9. The summed E-state index contributed by atoms with van der Waals surface area (Å²) < 4.78 is 0. The molecule has 2 saturated heterocycles. The maximum Gasteiger partial charge on any atom is 0.229 e. The molecule has 1 aromatic carbocycles. The molecular weight excluding hydrogens is 272 g/mol. The van der Waals surface area contributed by atoms with Gasteiger partial charge in [-0.3, -0.25) is 4.79 Å². The predicted molar refractivity (Wildman–Crippen MR) is 83.2 cm³/mol. The first-order chi connectivity index (χ1) is 9.25. The van der Waals surface area contributed by atoms with Crippen LogP contribution in [0.3, 0.4) is 0 Å². The fourth-order valence-corrected chi connectivity index (χ4v) is 3.39. The number of rotatable bonds is 2. The van der Waals surface area contributed by atoms with E-state index < -0.39 is 0 Å². The number of amides is 1. The Kier molecular flexibility index (Phi) is 5.06. The van der Waals surface area contributed by atoms with Crippen molar-refractivity contribution in [1.82, 2.24) is 10.2 Å². The van der Waals surface area contributed by atoms with E-state index in [0.29, 0.717) is 5.92 Å². The lowest BCUT2D eigenvalue weighted by atomic mass is 9.87. The van der Waals surface area contributed by atoms with Crippen LogP contribution in [0.4, 0.5) is 0 Å². The quantitative estimate of drug-likeness (QED) is 0.908.